The van der Waals surface area contributed by atoms with Crippen LogP contribution >= 0.6 is 9.90 Å². The molecular weight excluding hydrogens is 288 g/mol. The molecule has 4 heavy (non-hydrogen) atoms. The third-order valence-corrected chi connectivity index (χ3v) is 0. The van der Waals surface area contributed by atoms with Crippen LogP contribution in [0.2, 0.25) is 0 Å². The van der Waals surface area contributed by atoms with E-state index in [4.69, 9.17) is 0 Å². The molecule has 0 N–H and O–H groups in total. The fourth-order valence-corrected chi connectivity index (χ4v) is 0. The summed E-state index contributed by atoms with van der Waals surface area (Å²) < 4.78 is 0. The summed E-state index contributed by atoms with van der Waals surface area (Å²) in [6, 6.07) is 0. The molecule has 0 aliphatic carbocycles. The van der Waals surface area contributed by atoms with Crippen molar-refractivity contribution in [2.75, 3.05) is 0 Å². The van der Waals surface area contributed by atoms with E-state index in [0.717, 1.165) is 0 Å². The first-order chi connectivity index (χ1) is 0. The van der Waals surface area contributed by atoms with Crippen LogP contribution in [0.4, 0.5) is 0 Å². The van der Waals surface area contributed by atoms with Gasteiger partial charge in [-0.2, -0.15) is 9.90 Å². The maximum atomic E-state index is 0. The zero-order valence-electron chi connectivity index (χ0n) is 1.93. The van der Waals surface area contributed by atoms with Crippen LogP contribution in [0, 0.1) is 35.6 Å². The third kappa shape index (κ3) is 8.82. The predicted molar refractivity (Wildman–Crippen MR) is 11.1 cm³/mol. The van der Waals surface area contributed by atoms with E-state index in [0.29, 0.717) is 0 Å². The minimum atomic E-state index is 0. The van der Waals surface area contributed by atoms with Crippen LogP contribution < -0.4 is 0 Å². The van der Waals surface area contributed by atoms with Crippen molar-refractivity contribution in [3.05, 3.63) is 0 Å². The Morgan fingerprint density at radius 1 is 1.00 bits per heavy atom. The largest absolute Gasteiger partial charge is 0.153 e. The molecule has 0 saturated heterocycles. The van der Waals surface area contributed by atoms with Crippen molar-refractivity contribution in [1.82, 2.24) is 0 Å². The molecule has 2 radical (unpaired) electrons. The fourth-order valence-electron chi connectivity index (χ4n) is 0. The molecule has 0 aromatic rings. The van der Waals surface area contributed by atoms with Gasteiger partial charge in [-0.3, -0.25) is 0 Å². The van der Waals surface area contributed by atoms with Crippen LogP contribution in [0.25, 0.3) is 0 Å². The molecule has 0 aliphatic rings. The maximum absolute atomic E-state index is 0. The molecule has 4 heteroatoms. The van der Waals surface area contributed by atoms with Crippen molar-refractivity contribution in [2.24, 2.45) is 0 Å². The summed E-state index contributed by atoms with van der Waals surface area (Å²) >= 11 is 0. The number of rotatable bonds is 0. The van der Waals surface area contributed by atoms with Crippen molar-refractivity contribution in [2.45, 2.75) is 0 Å². The van der Waals surface area contributed by atoms with E-state index in [9.17, 15) is 0 Å². The topological polar surface area (TPSA) is 0 Å². The van der Waals surface area contributed by atoms with Crippen molar-refractivity contribution in [3.8, 4) is 0 Å². The molecule has 0 heterocycles. The van der Waals surface area contributed by atoms with Gasteiger partial charge in [0.15, 0.2) is 0 Å². The van der Waals surface area contributed by atoms with Crippen molar-refractivity contribution < 1.29 is 68.9 Å². The Morgan fingerprint density at radius 3 is 1.00 bits per heavy atom. The van der Waals surface area contributed by atoms with Crippen LogP contribution in [0.5, 0.6) is 0 Å². The van der Waals surface area contributed by atoms with Crippen LogP contribution in [0.3, 0.4) is 0 Å². The SMILES string of the molecule is P.[Co].[La].[Ni]. The molecule has 0 saturated carbocycles. The second-order valence-corrected chi connectivity index (χ2v) is 0. The molecule has 0 amide bonds. The van der Waals surface area contributed by atoms with E-state index in [1.54, 1.807) is 0 Å². The molecule has 1 unspecified atom stereocenters. The first-order valence-electron chi connectivity index (χ1n) is 0. The van der Waals surface area contributed by atoms with E-state index >= 15 is 0 Å². The van der Waals surface area contributed by atoms with Crippen LogP contribution in [-0.4, -0.2) is 0 Å². The van der Waals surface area contributed by atoms with E-state index in [-0.39, 0.29) is 78.8 Å². The Bertz CT molecular complexity index is 8.00. The van der Waals surface area contributed by atoms with Crippen molar-refractivity contribution in [3.63, 3.8) is 0 Å². The van der Waals surface area contributed by atoms with Gasteiger partial charge in [-0.15, -0.1) is 0 Å². The fraction of sp³-hybridized carbons (Fsp3) is 0. The summed E-state index contributed by atoms with van der Waals surface area (Å²) in [4.78, 5) is 0. The first-order valence-corrected chi connectivity index (χ1v) is 0. The average Bonchev–Trinajstić information content (AvgIpc) is 0. The normalized spacial score (nSPS) is 0. The number of hydrogen-bond donors (Lipinski definition) is 0. The van der Waals surface area contributed by atoms with Gasteiger partial charge in [-0.25, -0.2) is 0 Å². The molecule has 0 nitrogen and oxygen atoms in total. The second kappa shape index (κ2) is 17.5. The van der Waals surface area contributed by atoms with E-state index in [2.05, 4.69) is 0 Å². The van der Waals surface area contributed by atoms with Gasteiger partial charge in [-0.05, 0) is 0 Å². The zero-order chi connectivity index (χ0) is 0. The van der Waals surface area contributed by atoms with Gasteiger partial charge in [0, 0.05) is 68.9 Å². The summed E-state index contributed by atoms with van der Waals surface area (Å²) in [5.74, 6) is 0. The van der Waals surface area contributed by atoms with Gasteiger partial charge < -0.3 is 0 Å². The minimum absolute atomic E-state index is 0. The summed E-state index contributed by atoms with van der Waals surface area (Å²) in [6.45, 7) is 0. The van der Waals surface area contributed by atoms with Gasteiger partial charge in [0.25, 0.3) is 0 Å². The summed E-state index contributed by atoms with van der Waals surface area (Å²) in [6.07, 6.45) is 0. The predicted octanol–water partition coefficient (Wildman–Crippen LogP) is 0.0531. The molecular formula is H3CoLaNiP. The monoisotopic (exact) mass is 290 g/mol. The smallest absolute Gasteiger partial charge is 0 e. The van der Waals surface area contributed by atoms with Crippen LogP contribution in [0.1, 0.15) is 0 Å². The summed E-state index contributed by atoms with van der Waals surface area (Å²) in [5, 5.41) is 0. The average molecular weight is 291 g/mol. The number of hydrogen-bond acceptors (Lipinski definition) is 0. The van der Waals surface area contributed by atoms with Gasteiger partial charge >= 0.3 is 0 Å². The minimum Gasteiger partial charge on any atom is -0.153 e. The van der Waals surface area contributed by atoms with Gasteiger partial charge in [0.2, 0.25) is 0 Å². The van der Waals surface area contributed by atoms with E-state index < -0.39 is 0 Å². The van der Waals surface area contributed by atoms with Crippen molar-refractivity contribution >= 4 is 9.90 Å². The van der Waals surface area contributed by atoms with E-state index in [1.807, 2.05) is 0 Å². The Kier molecular flexibility index (Phi) is 133. The molecule has 0 aromatic heterocycles. The zero-order valence-corrected chi connectivity index (χ0v) is 9.00. The molecule has 1 atom stereocenters. The molecule has 0 bridgehead atoms. The maximum Gasteiger partial charge on any atom is 0 e. The quantitative estimate of drug-likeness (QED) is 0.437. The van der Waals surface area contributed by atoms with Crippen molar-refractivity contribution in [1.29, 1.82) is 0 Å². The Hall–Kier alpha value is 2.62. The third-order valence-electron chi connectivity index (χ3n) is 0. The molecule has 0 fully saturated rings. The standard InChI is InChI=1S/Co.La.Ni.H3P/h;;;1H3. The Morgan fingerprint density at radius 2 is 1.00 bits per heavy atom. The van der Waals surface area contributed by atoms with Crippen LogP contribution in [-0.2, 0) is 33.3 Å². The second-order valence-electron chi connectivity index (χ2n) is 0. The molecule has 0 aromatic carbocycles. The van der Waals surface area contributed by atoms with E-state index in [1.165, 1.54) is 0 Å². The van der Waals surface area contributed by atoms with Gasteiger partial charge in [0.05, 0.1) is 0 Å². The molecule has 0 aliphatic heterocycles. The van der Waals surface area contributed by atoms with Crippen LogP contribution in [0.15, 0.2) is 0 Å². The molecule has 0 rings (SSSR count). The summed E-state index contributed by atoms with van der Waals surface area (Å²) in [5.41, 5.74) is 0. The summed E-state index contributed by atoms with van der Waals surface area (Å²) in [7, 11) is 0. The Labute approximate surface area is 77.6 Å². The Balaban J connectivity index is 0. The van der Waals surface area contributed by atoms with Gasteiger partial charge in [0.1, 0.15) is 0 Å². The van der Waals surface area contributed by atoms with Gasteiger partial charge in [-0.1, -0.05) is 0 Å². The molecule has 0 spiro atoms. The molecule has 30 valence electrons. The first kappa shape index (κ1) is 30.4.